The number of methoxy groups -OCH3 is 1. The highest BCUT2D eigenvalue weighted by Gasteiger charge is 2.13. The van der Waals surface area contributed by atoms with Gasteiger partial charge in [-0.15, -0.1) is 0 Å². The number of hydrogen-bond acceptors (Lipinski definition) is 4. The van der Waals surface area contributed by atoms with Gasteiger partial charge in [-0.2, -0.15) is 8.78 Å². The van der Waals surface area contributed by atoms with Crippen molar-refractivity contribution in [3.63, 3.8) is 0 Å². The maximum Gasteiger partial charge on any atom is 0.387 e. The van der Waals surface area contributed by atoms with E-state index < -0.39 is 6.61 Å². The molecular weight excluding hydrogens is 330 g/mol. The molecule has 0 aliphatic carbocycles. The Labute approximate surface area is 145 Å². The molecule has 1 amide bonds. The van der Waals surface area contributed by atoms with Crippen molar-refractivity contribution in [2.45, 2.75) is 13.2 Å². The minimum absolute atomic E-state index is 0.0661. The van der Waals surface area contributed by atoms with Crippen LogP contribution in [-0.2, 0) is 11.3 Å². The molecule has 0 aliphatic rings. The number of amides is 1. The van der Waals surface area contributed by atoms with Crippen LogP contribution in [0.25, 0.3) is 0 Å². The quantitative estimate of drug-likeness (QED) is 0.793. The summed E-state index contributed by atoms with van der Waals surface area (Å²) in [6, 6.07) is 13.6. The third-order valence-corrected chi connectivity index (χ3v) is 3.40. The Kier molecular flexibility index (Phi) is 6.71. The normalized spacial score (nSPS) is 10.8. The van der Waals surface area contributed by atoms with Gasteiger partial charge in [0.2, 0.25) is 5.91 Å². The van der Waals surface area contributed by atoms with Crippen LogP contribution >= 0.6 is 0 Å². The summed E-state index contributed by atoms with van der Waals surface area (Å²) in [4.78, 5) is 13.9. The second kappa shape index (κ2) is 8.98. The fraction of sp³-hybridized carbons (Fsp3) is 0.278. The standard InChI is InChI=1S/C18H20F2N2O3/c1-22(11-13-7-9-14(24-2)10-8-13)12-17(23)21-15-5-3-4-6-16(15)25-18(19)20/h3-10,18H,11-12H2,1-2H3,(H,21,23). The first-order chi connectivity index (χ1) is 12.0. The van der Waals surface area contributed by atoms with Crippen molar-refractivity contribution in [1.29, 1.82) is 0 Å². The largest absolute Gasteiger partial charge is 0.497 e. The lowest BCUT2D eigenvalue weighted by atomic mass is 10.2. The van der Waals surface area contributed by atoms with Gasteiger partial charge in [-0.05, 0) is 36.9 Å². The van der Waals surface area contributed by atoms with Gasteiger partial charge >= 0.3 is 6.61 Å². The molecule has 0 spiro atoms. The SMILES string of the molecule is COc1ccc(CN(C)CC(=O)Nc2ccccc2OC(F)F)cc1. The number of nitrogens with one attached hydrogen (secondary N) is 1. The predicted molar refractivity (Wildman–Crippen MR) is 91.0 cm³/mol. The monoisotopic (exact) mass is 350 g/mol. The highest BCUT2D eigenvalue weighted by atomic mass is 19.3. The Bertz CT molecular complexity index is 693. The van der Waals surface area contributed by atoms with Crippen LogP contribution in [0.5, 0.6) is 11.5 Å². The molecule has 2 aromatic carbocycles. The topological polar surface area (TPSA) is 50.8 Å². The van der Waals surface area contributed by atoms with Gasteiger partial charge in [0.25, 0.3) is 0 Å². The van der Waals surface area contributed by atoms with E-state index in [0.29, 0.717) is 6.54 Å². The zero-order valence-electron chi connectivity index (χ0n) is 14.0. The number of benzene rings is 2. The number of carbonyl (C=O) groups excluding carboxylic acids is 1. The summed E-state index contributed by atoms with van der Waals surface area (Å²) in [6.07, 6.45) is 0. The minimum Gasteiger partial charge on any atom is -0.497 e. The number of nitrogens with zero attached hydrogens (tertiary/aromatic N) is 1. The molecule has 7 heteroatoms. The van der Waals surface area contributed by atoms with E-state index >= 15 is 0 Å². The summed E-state index contributed by atoms with van der Waals surface area (Å²) >= 11 is 0. The number of carbonyl (C=O) groups is 1. The number of hydrogen-bond donors (Lipinski definition) is 1. The molecule has 5 nitrogen and oxygen atoms in total. The molecule has 0 saturated heterocycles. The molecule has 0 aliphatic heterocycles. The molecule has 2 rings (SSSR count). The van der Waals surface area contributed by atoms with Crippen molar-refractivity contribution in [3.05, 3.63) is 54.1 Å². The maximum atomic E-state index is 12.4. The van der Waals surface area contributed by atoms with Crippen molar-refractivity contribution in [1.82, 2.24) is 4.90 Å². The lowest BCUT2D eigenvalue weighted by molar-refractivity contribution is -0.117. The molecule has 0 bridgehead atoms. The molecule has 0 saturated carbocycles. The van der Waals surface area contributed by atoms with Crippen molar-refractivity contribution in [3.8, 4) is 11.5 Å². The molecule has 1 N–H and O–H groups in total. The first-order valence-electron chi connectivity index (χ1n) is 7.63. The van der Waals surface area contributed by atoms with Crippen LogP contribution in [-0.4, -0.2) is 38.1 Å². The number of para-hydroxylation sites is 2. The van der Waals surface area contributed by atoms with E-state index in [1.54, 1.807) is 26.3 Å². The number of likely N-dealkylation sites (N-methyl/N-ethyl adjacent to an activating group) is 1. The first kappa shape index (κ1) is 18.7. The number of halogens is 2. The van der Waals surface area contributed by atoms with E-state index in [9.17, 15) is 13.6 Å². The molecule has 0 atom stereocenters. The first-order valence-corrected chi connectivity index (χ1v) is 7.63. The van der Waals surface area contributed by atoms with Crippen LogP contribution in [0, 0.1) is 0 Å². The van der Waals surface area contributed by atoms with Gasteiger partial charge in [0, 0.05) is 6.54 Å². The predicted octanol–water partition coefficient (Wildman–Crippen LogP) is 3.37. The molecule has 134 valence electrons. The van der Waals surface area contributed by atoms with Crippen LogP contribution in [0.2, 0.25) is 0 Å². The third kappa shape index (κ3) is 6.04. The smallest absolute Gasteiger partial charge is 0.387 e. The molecule has 0 radical (unpaired) electrons. The van der Waals surface area contributed by atoms with Gasteiger partial charge in [-0.25, -0.2) is 0 Å². The van der Waals surface area contributed by atoms with Crippen molar-refractivity contribution in [2.24, 2.45) is 0 Å². The van der Waals surface area contributed by atoms with Crippen LogP contribution in [0.4, 0.5) is 14.5 Å². The molecule has 0 fully saturated rings. The lowest BCUT2D eigenvalue weighted by Gasteiger charge is -2.17. The van der Waals surface area contributed by atoms with Crippen molar-refractivity contribution < 1.29 is 23.0 Å². The number of alkyl halides is 2. The molecule has 2 aromatic rings. The average Bonchev–Trinajstić information content (AvgIpc) is 2.56. The Morgan fingerprint density at radius 1 is 1.16 bits per heavy atom. The third-order valence-electron chi connectivity index (χ3n) is 3.40. The highest BCUT2D eigenvalue weighted by molar-refractivity contribution is 5.93. The average molecular weight is 350 g/mol. The van der Waals surface area contributed by atoms with Crippen LogP contribution in [0.15, 0.2) is 48.5 Å². The zero-order valence-corrected chi connectivity index (χ0v) is 14.0. The summed E-state index contributed by atoms with van der Waals surface area (Å²) in [5, 5.41) is 2.59. The van der Waals surface area contributed by atoms with Gasteiger partial charge in [0.15, 0.2) is 0 Å². The molecule has 0 heterocycles. The number of anilines is 1. The van der Waals surface area contributed by atoms with Gasteiger partial charge in [0.05, 0.1) is 19.3 Å². The van der Waals surface area contributed by atoms with Gasteiger partial charge in [0.1, 0.15) is 11.5 Å². The van der Waals surface area contributed by atoms with E-state index in [0.717, 1.165) is 11.3 Å². The maximum absolute atomic E-state index is 12.4. The molecule has 0 aromatic heterocycles. The zero-order chi connectivity index (χ0) is 18.2. The Morgan fingerprint density at radius 2 is 1.84 bits per heavy atom. The van der Waals surface area contributed by atoms with Crippen LogP contribution in [0.3, 0.4) is 0 Å². The van der Waals surface area contributed by atoms with Gasteiger partial charge < -0.3 is 14.8 Å². The fourth-order valence-corrected chi connectivity index (χ4v) is 2.30. The molecule has 0 unspecified atom stereocenters. The summed E-state index contributed by atoms with van der Waals surface area (Å²) in [7, 11) is 3.40. The second-order valence-corrected chi connectivity index (χ2v) is 5.44. The summed E-state index contributed by atoms with van der Waals surface area (Å²) in [5.41, 5.74) is 1.24. The van der Waals surface area contributed by atoms with E-state index in [2.05, 4.69) is 10.1 Å². The van der Waals surface area contributed by atoms with Gasteiger partial charge in [-0.1, -0.05) is 24.3 Å². The highest BCUT2D eigenvalue weighted by Crippen LogP contribution is 2.25. The Morgan fingerprint density at radius 3 is 2.48 bits per heavy atom. The van der Waals surface area contributed by atoms with E-state index in [-0.39, 0.29) is 23.9 Å². The van der Waals surface area contributed by atoms with Crippen molar-refractivity contribution >= 4 is 11.6 Å². The Balaban J connectivity index is 1.91. The fourth-order valence-electron chi connectivity index (χ4n) is 2.30. The summed E-state index contributed by atoms with van der Waals surface area (Å²) in [6.45, 7) is -2.28. The number of ether oxygens (including phenoxy) is 2. The summed E-state index contributed by atoms with van der Waals surface area (Å²) < 4.78 is 34.3. The summed E-state index contributed by atoms with van der Waals surface area (Å²) in [5.74, 6) is 0.379. The van der Waals surface area contributed by atoms with E-state index in [4.69, 9.17) is 4.74 Å². The Hall–Kier alpha value is -2.67. The van der Waals surface area contributed by atoms with E-state index in [1.807, 2.05) is 29.2 Å². The van der Waals surface area contributed by atoms with Crippen molar-refractivity contribution in [2.75, 3.05) is 26.0 Å². The lowest BCUT2D eigenvalue weighted by Crippen LogP contribution is -2.30. The van der Waals surface area contributed by atoms with Crippen LogP contribution in [0.1, 0.15) is 5.56 Å². The second-order valence-electron chi connectivity index (χ2n) is 5.44. The van der Waals surface area contributed by atoms with Crippen LogP contribution < -0.4 is 14.8 Å². The minimum atomic E-state index is -2.95. The molecular formula is C18H20F2N2O3. The van der Waals surface area contributed by atoms with Gasteiger partial charge in [-0.3, -0.25) is 9.69 Å². The van der Waals surface area contributed by atoms with E-state index in [1.165, 1.54) is 12.1 Å². The number of rotatable bonds is 8. The molecule has 25 heavy (non-hydrogen) atoms.